The van der Waals surface area contributed by atoms with Crippen LogP contribution in [-0.4, -0.2) is 24.4 Å². The van der Waals surface area contributed by atoms with Crippen LogP contribution < -0.4 is 10.2 Å². The smallest absolute Gasteiger partial charge is 0.252 e. The number of benzene rings is 3. The first kappa shape index (κ1) is 16.3. The summed E-state index contributed by atoms with van der Waals surface area (Å²) in [5.74, 6) is -0.624. The Morgan fingerprint density at radius 1 is 1.00 bits per heavy atom. The van der Waals surface area contributed by atoms with Crippen molar-refractivity contribution in [2.75, 3.05) is 11.4 Å². The highest BCUT2D eigenvalue weighted by Crippen LogP contribution is 2.23. The number of amides is 2. The lowest BCUT2D eigenvalue weighted by molar-refractivity contribution is -0.117. The lowest BCUT2D eigenvalue weighted by Gasteiger charge is -2.17. The maximum atomic E-state index is 13.1. The first-order chi connectivity index (χ1) is 12.6. The van der Waals surface area contributed by atoms with Crippen LogP contribution >= 0.6 is 0 Å². The third kappa shape index (κ3) is 3.04. The molecule has 0 aromatic heterocycles. The van der Waals surface area contributed by atoms with E-state index < -0.39 is 0 Å². The predicted molar refractivity (Wildman–Crippen MR) is 98.6 cm³/mol. The number of fused-ring (bicyclic) bond motifs is 1. The quantitative estimate of drug-likeness (QED) is 0.787. The maximum Gasteiger partial charge on any atom is 0.252 e. The fourth-order valence-corrected chi connectivity index (χ4v) is 3.36. The van der Waals surface area contributed by atoms with Gasteiger partial charge in [0.2, 0.25) is 5.91 Å². The molecule has 0 bridgehead atoms. The first-order valence-electron chi connectivity index (χ1n) is 8.46. The van der Waals surface area contributed by atoms with Gasteiger partial charge in [0, 0.05) is 24.2 Å². The van der Waals surface area contributed by atoms with Gasteiger partial charge in [0.25, 0.3) is 5.91 Å². The molecule has 4 rings (SSSR count). The van der Waals surface area contributed by atoms with Crippen LogP contribution in [-0.2, 0) is 4.79 Å². The molecule has 0 unspecified atom stereocenters. The van der Waals surface area contributed by atoms with Gasteiger partial charge in [-0.15, -0.1) is 0 Å². The van der Waals surface area contributed by atoms with Crippen molar-refractivity contribution in [1.82, 2.24) is 5.32 Å². The molecule has 5 heteroatoms. The minimum atomic E-state index is -0.346. The van der Waals surface area contributed by atoms with Crippen molar-refractivity contribution >= 4 is 28.3 Å². The van der Waals surface area contributed by atoms with E-state index in [0.29, 0.717) is 17.8 Å². The van der Waals surface area contributed by atoms with Crippen LogP contribution in [0, 0.1) is 5.82 Å². The summed E-state index contributed by atoms with van der Waals surface area (Å²) in [5.41, 5.74) is 1.23. The molecule has 3 aromatic carbocycles. The van der Waals surface area contributed by atoms with E-state index in [2.05, 4.69) is 5.32 Å². The summed E-state index contributed by atoms with van der Waals surface area (Å²) >= 11 is 0. The highest BCUT2D eigenvalue weighted by Gasteiger charge is 2.31. The number of nitrogens with zero attached hydrogens (tertiary/aromatic N) is 1. The summed E-state index contributed by atoms with van der Waals surface area (Å²) in [6.07, 6.45) is 0.230. The molecule has 1 aliphatic heterocycles. The van der Waals surface area contributed by atoms with Gasteiger partial charge >= 0.3 is 0 Å². The Bertz CT molecular complexity index is 979. The van der Waals surface area contributed by atoms with E-state index in [4.69, 9.17) is 0 Å². The Morgan fingerprint density at radius 2 is 1.73 bits per heavy atom. The standard InChI is InChI=1S/C21H17FN2O2/c22-15-8-10-17(11-9-15)24-13-16(12-20(24)25)23-21(26)19-7-3-5-14-4-1-2-6-18(14)19/h1-11,16H,12-13H2,(H,23,26)/t16-/m0/s1. The van der Waals surface area contributed by atoms with Gasteiger partial charge in [0.1, 0.15) is 5.82 Å². The van der Waals surface area contributed by atoms with Crippen LogP contribution in [0.15, 0.2) is 66.7 Å². The number of rotatable bonds is 3. The van der Waals surface area contributed by atoms with Crippen molar-refractivity contribution < 1.29 is 14.0 Å². The first-order valence-corrected chi connectivity index (χ1v) is 8.46. The zero-order valence-electron chi connectivity index (χ0n) is 14.0. The maximum absolute atomic E-state index is 13.1. The van der Waals surface area contributed by atoms with E-state index in [0.717, 1.165) is 10.8 Å². The fraction of sp³-hybridized carbons (Fsp3) is 0.143. The second kappa shape index (κ2) is 6.59. The summed E-state index contributed by atoms with van der Waals surface area (Å²) in [4.78, 5) is 26.6. The van der Waals surface area contributed by atoms with Crippen molar-refractivity contribution in [2.24, 2.45) is 0 Å². The molecular formula is C21H17FN2O2. The molecule has 1 heterocycles. The highest BCUT2D eigenvalue weighted by atomic mass is 19.1. The average Bonchev–Trinajstić information content (AvgIpc) is 3.02. The number of anilines is 1. The molecule has 1 fully saturated rings. The normalized spacial score (nSPS) is 16.9. The largest absolute Gasteiger partial charge is 0.347 e. The molecule has 4 nitrogen and oxygen atoms in total. The van der Waals surface area contributed by atoms with Crippen LogP contribution in [0.5, 0.6) is 0 Å². The second-order valence-corrected chi connectivity index (χ2v) is 6.38. The summed E-state index contributed by atoms with van der Waals surface area (Å²) in [5, 5.41) is 4.83. The van der Waals surface area contributed by atoms with E-state index in [9.17, 15) is 14.0 Å². The summed E-state index contributed by atoms with van der Waals surface area (Å²) in [7, 11) is 0. The molecule has 1 aliphatic rings. The van der Waals surface area contributed by atoms with Gasteiger partial charge in [-0.1, -0.05) is 36.4 Å². The molecule has 2 amide bonds. The van der Waals surface area contributed by atoms with Gasteiger partial charge in [-0.05, 0) is 41.1 Å². The van der Waals surface area contributed by atoms with Crippen LogP contribution in [0.2, 0.25) is 0 Å². The second-order valence-electron chi connectivity index (χ2n) is 6.38. The molecule has 26 heavy (non-hydrogen) atoms. The molecule has 0 saturated carbocycles. The lowest BCUT2D eigenvalue weighted by Crippen LogP contribution is -2.37. The van der Waals surface area contributed by atoms with Crippen molar-refractivity contribution in [1.29, 1.82) is 0 Å². The third-order valence-corrected chi connectivity index (χ3v) is 4.63. The Balaban J connectivity index is 1.52. The van der Waals surface area contributed by atoms with Crippen LogP contribution in [0.3, 0.4) is 0 Å². The van der Waals surface area contributed by atoms with Gasteiger partial charge in [-0.3, -0.25) is 9.59 Å². The molecule has 0 aliphatic carbocycles. The van der Waals surface area contributed by atoms with E-state index in [1.165, 1.54) is 12.1 Å². The number of hydrogen-bond acceptors (Lipinski definition) is 2. The molecule has 3 aromatic rings. The molecule has 1 saturated heterocycles. The van der Waals surface area contributed by atoms with Gasteiger partial charge in [-0.2, -0.15) is 0 Å². The van der Waals surface area contributed by atoms with Gasteiger partial charge in [0.05, 0.1) is 6.04 Å². The Labute approximate surface area is 150 Å². The minimum absolute atomic E-state index is 0.0835. The Hall–Kier alpha value is -3.21. The molecule has 0 radical (unpaired) electrons. The minimum Gasteiger partial charge on any atom is -0.347 e. The van der Waals surface area contributed by atoms with Crippen molar-refractivity contribution in [3.8, 4) is 0 Å². The van der Waals surface area contributed by atoms with Crippen molar-refractivity contribution in [3.63, 3.8) is 0 Å². The van der Waals surface area contributed by atoms with Gasteiger partial charge < -0.3 is 10.2 Å². The molecule has 1 atom stereocenters. The SMILES string of the molecule is O=C(N[C@H]1CC(=O)N(c2ccc(F)cc2)C1)c1cccc2ccccc12. The third-order valence-electron chi connectivity index (χ3n) is 4.63. The summed E-state index contributed by atoms with van der Waals surface area (Å²) < 4.78 is 13.1. The van der Waals surface area contributed by atoms with Crippen molar-refractivity contribution in [3.05, 3.63) is 78.1 Å². The number of carbonyl (C=O) groups excluding carboxylic acids is 2. The zero-order chi connectivity index (χ0) is 18.1. The van der Waals surface area contributed by atoms with Gasteiger partial charge in [0.15, 0.2) is 0 Å². The topological polar surface area (TPSA) is 49.4 Å². The molecule has 0 spiro atoms. The van der Waals surface area contributed by atoms with E-state index in [1.54, 1.807) is 23.1 Å². The molecule has 1 N–H and O–H groups in total. The average molecular weight is 348 g/mol. The van der Waals surface area contributed by atoms with Crippen LogP contribution in [0.25, 0.3) is 10.8 Å². The van der Waals surface area contributed by atoms with Crippen LogP contribution in [0.1, 0.15) is 16.8 Å². The van der Waals surface area contributed by atoms with Gasteiger partial charge in [-0.25, -0.2) is 4.39 Å². The summed E-state index contributed by atoms with van der Waals surface area (Å²) in [6.45, 7) is 0.376. The molecular weight excluding hydrogens is 331 g/mol. The van der Waals surface area contributed by atoms with E-state index in [1.807, 2.05) is 36.4 Å². The number of nitrogens with one attached hydrogen (secondary N) is 1. The van der Waals surface area contributed by atoms with E-state index in [-0.39, 0.29) is 30.1 Å². The van der Waals surface area contributed by atoms with E-state index >= 15 is 0 Å². The molecule has 130 valence electrons. The zero-order valence-corrected chi connectivity index (χ0v) is 14.0. The summed E-state index contributed by atoms with van der Waals surface area (Å²) in [6, 6.07) is 18.8. The Kier molecular flexibility index (Phi) is 4.13. The fourth-order valence-electron chi connectivity index (χ4n) is 3.36. The van der Waals surface area contributed by atoms with Crippen LogP contribution in [0.4, 0.5) is 10.1 Å². The number of halogens is 1. The predicted octanol–water partition coefficient (Wildman–Crippen LogP) is 3.51. The number of hydrogen-bond donors (Lipinski definition) is 1. The lowest BCUT2D eigenvalue weighted by atomic mass is 10.0. The number of carbonyl (C=O) groups is 2. The monoisotopic (exact) mass is 348 g/mol. The highest BCUT2D eigenvalue weighted by molar-refractivity contribution is 6.07. The van der Waals surface area contributed by atoms with Crippen molar-refractivity contribution in [2.45, 2.75) is 12.5 Å². The Morgan fingerprint density at radius 3 is 2.54 bits per heavy atom.